The summed E-state index contributed by atoms with van der Waals surface area (Å²) in [6.45, 7) is 3.36. The van der Waals surface area contributed by atoms with Crippen LogP contribution >= 0.6 is 11.3 Å². The smallest absolute Gasteiger partial charge is 0.652 e. The summed E-state index contributed by atoms with van der Waals surface area (Å²) in [4.78, 5) is 33.2. The Kier molecular flexibility index (Phi) is 14.5. The molecule has 0 bridgehead atoms. The zero-order chi connectivity index (χ0) is 24.9. The van der Waals surface area contributed by atoms with Crippen LogP contribution in [0.2, 0.25) is 0 Å². The van der Waals surface area contributed by atoms with E-state index in [0.29, 0.717) is 6.61 Å². The number of benzene rings is 1. The predicted octanol–water partition coefficient (Wildman–Crippen LogP) is -3.29. The number of hydrogen-bond donors (Lipinski definition) is 1. The van der Waals surface area contributed by atoms with E-state index in [2.05, 4.69) is 27.4 Å². The maximum Gasteiger partial charge on any atom is 1.00 e. The first kappa shape index (κ1) is 33.5. The second kappa shape index (κ2) is 16.0. The van der Waals surface area contributed by atoms with E-state index in [-0.39, 0.29) is 150 Å². The summed E-state index contributed by atoms with van der Waals surface area (Å²) in [5.74, 6) is 0.0700. The van der Waals surface area contributed by atoms with E-state index < -0.39 is 6.16 Å². The Morgan fingerprint density at radius 1 is 1.14 bits per heavy atom. The number of carboxylic acid groups (broad SMARTS) is 2. The van der Waals surface area contributed by atoms with Crippen molar-refractivity contribution in [3.05, 3.63) is 59.2 Å². The van der Waals surface area contributed by atoms with E-state index in [9.17, 15) is 4.79 Å². The van der Waals surface area contributed by atoms with Crippen molar-refractivity contribution in [3.8, 4) is 0 Å². The summed E-state index contributed by atoms with van der Waals surface area (Å²) in [6, 6.07) is 14.3. The molecule has 4 heterocycles. The van der Waals surface area contributed by atoms with E-state index in [1.54, 1.807) is 13.3 Å². The predicted molar refractivity (Wildman–Crippen MR) is 131 cm³/mol. The molecule has 37 heavy (non-hydrogen) atoms. The third kappa shape index (κ3) is 8.91. The van der Waals surface area contributed by atoms with Gasteiger partial charge in [0.15, 0.2) is 0 Å². The number of pyridine rings is 2. The van der Waals surface area contributed by atoms with Crippen molar-refractivity contribution < 1.29 is 162 Å². The van der Waals surface area contributed by atoms with Crippen LogP contribution in [0.15, 0.2) is 48.7 Å². The minimum Gasteiger partial charge on any atom is -0.652 e. The number of nitrogens with zero attached hydrogens (tertiary/aromatic N) is 3. The molecule has 0 radical (unpaired) electrons. The first-order valence-corrected chi connectivity index (χ1v) is 11.9. The summed E-state index contributed by atoms with van der Waals surface area (Å²) in [7, 11) is 1.69. The van der Waals surface area contributed by atoms with Crippen LogP contribution in [0.25, 0.3) is 21.1 Å². The second-order valence-electron chi connectivity index (χ2n) is 8.17. The van der Waals surface area contributed by atoms with Gasteiger partial charge in [0.05, 0.1) is 38.9 Å². The Balaban J connectivity index is 0.000000750. The number of ether oxygens (including phenoxy) is 1. The Labute approximate surface area is 336 Å². The number of amides is 1. The van der Waals surface area contributed by atoms with E-state index in [0.717, 1.165) is 62.5 Å². The molecule has 1 N–H and O–H groups in total. The average molecular weight is 758 g/mol. The fourth-order valence-electron chi connectivity index (χ4n) is 4.21. The number of methoxy groups -OCH3 is 1. The van der Waals surface area contributed by atoms with Crippen LogP contribution in [-0.4, -0.2) is 53.2 Å². The molecule has 0 saturated carbocycles. The minimum atomic E-state index is -2.33. The van der Waals surface area contributed by atoms with Crippen molar-refractivity contribution in [2.24, 2.45) is 0 Å². The zero-order valence-corrected chi connectivity index (χ0v) is 34.7. The van der Waals surface area contributed by atoms with Gasteiger partial charge >= 0.3 is 138 Å². The fraction of sp³-hybridized carbons (Fsp3) is 0.280. The molecular weight excluding hydrogens is 734 g/mol. The van der Waals surface area contributed by atoms with Gasteiger partial charge in [-0.2, -0.15) is 0 Å². The molecule has 182 valence electrons. The Bertz CT molecular complexity index is 1380. The maximum absolute atomic E-state index is 13.2. The summed E-state index contributed by atoms with van der Waals surface area (Å²) in [5.41, 5.74) is 4.74. The van der Waals surface area contributed by atoms with Gasteiger partial charge in [-0.05, 0) is 62.3 Å². The summed E-state index contributed by atoms with van der Waals surface area (Å²) < 4.78 is 6.29. The molecule has 4 aromatic rings. The molecule has 1 atom stereocenters. The number of anilines is 2. The molecular formula is C25H24Cs2N4O5S. The van der Waals surface area contributed by atoms with Gasteiger partial charge < -0.3 is 30.0 Å². The van der Waals surface area contributed by atoms with Crippen molar-refractivity contribution >= 4 is 55.9 Å². The van der Waals surface area contributed by atoms with Gasteiger partial charge in [-0.3, -0.25) is 14.8 Å². The van der Waals surface area contributed by atoms with Gasteiger partial charge in [0, 0.05) is 36.6 Å². The van der Waals surface area contributed by atoms with Crippen molar-refractivity contribution in [1.29, 1.82) is 0 Å². The molecule has 1 saturated heterocycles. The quantitative estimate of drug-likeness (QED) is 0.225. The molecule has 3 aromatic heterocycles. The van der Waals surface area contributed by atoms with E-state index in [1.807, 2.05) is 42.2 Å². The second-order valence-corrected chi connectivity index (χ2v) is 9.22. The van der Waals surface area contributed by atoms with Crippen molar-refractivity contribution in [2.75, 3.05) is 25.6 Å². The normalized spacial score (nSPS) is 14.3. The molecule has 1 amide bonds. The number of carbonyl (C=O) groups is 2. The summed E-state index contributed by atoms with van der Waals surface area (Å²) >= 11 is 1.49. The molecule has 12 heteroatoms. The average Bonchev–Trinajstić information content (AvgIpc) is 3.46. The van der Waals surface area contributed by atoms with Gasteiger partial charge in [0.1, 0.15) is 0 Å². The van der Waals surface area contributed by atoms with Crippen LogP contribution in [0.4, 0.5) is 16.2 Å². The number of fused-ring (bicyclic) bond motifs is 2. The van der Waals surface area contributed by atoms with Crippen LogP contribution in [-0.2, 0) is 4.74 Å². The number of hydrogen-bond acceptors (Lipinski definition) is 9. The third-order valence-electron chi connectivity index (χ3n) is 5.73. The van der Waals surface area contributed by atoms with E-state index in [4.69, 9.17) is 19.7 Å². The number of aryl methyl sites for hydroxylation is 1. The standard InChI is InChI=1S/C24H24N4O2S.CH2O3.2Cs/c1-15-5-6-16-12-17(7-8-19(16)26-15)27-20-9-10-25-21-13-22(31-23(20)21)24(29)28-11-3-4-18(28)14-30-2;2-1(3)4;;/h5-10,12-13,18H,3-4,11,14H2,1-2H3,(H,25,27);(H2,2,3,4);;/q;;2*+1/p-2/t18-;;;/m0.../s1. The molecule has 1 aliphatic heterocycles. The Morgan fingerprint density at radius 2 is 1.89 bits per heavy atom. The Hall–Kier alpha value is 0.344. The van der Waals surface area contributed by atoms with Crippen molar-refractivity contribution in [3.63, 3.8) is 0 Å². The number of aromatic nitrogens is 2. The number of likely N-dealkylation sites (tertiary alicyclic amines) is 1. The molecule has 9 nitrogen and oxygen atoms in total. The van der Waals surface area contributed by atoms with Gasteiger partial charge in [0.25, 0.3) is 5.91 Å². The van der Waals surface area contributed by atoms with Crippen LogP contribution in [0.1, 0.15) is 28.2 Å². The molecule has 1 aromatic carbocycles. The maximum atomic E-state index is 13.2. The SMILES string of the molecule is COC[C@@H]1CCCN1C(=O)c1cc2nccc(Nc3ccc4nc(C)ccc4c3)c2s1.O=C([O-])[O-].[Cs+].[Cs+]. The monoisotopic (exact) mass is 758 g/mol. The first-order chi connectivity index (χ1) is 16.9. The molecule has 5 rings (SSSR count). The molecule has 1 fully saturated rings. The largest absolute Gasteiger partial charge is 1.00 e. The fourth-order valence-corrected chi connectivity index (χ4v) is 5.25. The summed E-state index contributed by atoms with van der Waals surface area (Å²) in [6.07, 6.45) is 1.46. The molecule has 0 spiro atoms. The van der Waals surface area contributed by atoms with Gasteiger partial charge in [-0.15, -0.1) is 11.3 Å². The van der Waals surface area contributed by atoms with Crippen LogP contribution in [0.3, 0.4) is 0 Å². The zero-order valence-electron chi connectivity index (χ0n) is 21.3. The van der Waals surface area contributed by atoms with Gasteiger partial charge in [0.2, 0.25) is 0 Å². The van der Waals surface area contributed by atoms with Gasteiger partial charge in [-0.1, -0.05) is 6.07 Å². The van der Waals surface area contributed by atoms with Crippen LogP contribution in [0.5, 0.6) is 0 Å². The van der Waals surface area contributed by atoms with Crippen LogP contribution in [0, 0.1) is 6.92 Å². The first-order valence-electron chi connectivity index (χ1n) is 11.1. The summed E-state index contributed by atoms with van der Waals surface area (Å²) in [5, 5.41) is 21.3. The van der Waals surface area contributed by atoms with Crippen molar-refractivity contribution in [1.82, 2.24) is 14.9 Å². The number of thiophene rings is 1. The Morgan fingerprint density at radius 3 is 2.62 bits per heavy atom. The molecule has 0 unspecified atom stereocenters. The third-order valence-corrected chi connectivity index (χ3v) is 6.87. The molecule has 0 aliphatic carbocycles. The van der Waals surface area contributed by atoms with E-state index >= 15 is 0 Å². The number of rotatable bonds is 5. The molecule has 1 aliphatic rings. The van der Waals surface area contributed by atoms with E-state index in [1.165, 1.54) is 11.3 Å². The topological polar surface area (TPSA) is 131 Å². The number of nitrogens with one attached hydrogen (secondary N) is 1. The number of carbonyl (C=O) groups excluding carboxylic acids is 2. The van der Waals surface area contributed by atoms with Crippen LogP contribution < -0.4 is 153 Å². The van der Waals surface area contributed by atoms with Crippen molar-refractivity contribution in [2.45, 2.75) is 25.8 Å². The van der Waals surface area contributed by atoms with Gasteiger partial charge in [-0.25, -0.2) is 0 Å². The minimum absolute atomic E-state index is 0.